The highest BCUT2D eigenvalue weighted by atomic mass is 35.5. The number of piperidine rings is 1. The number of nitrogens with two attached hydrogens (primary N) is 1. The number of likely N-dealkylation sites (tertiary alicyclic amines) is 1. The number of carbonyl (C=O) groups excluding carboxylic acids is 1. The molecule has 8 heteroatoms. The molecular weight excluding hydrogens is 368 g/mol. The SMILES string of the molecule is COc1ccc(C2C(c3nc(C4(N)CCC4)no3)CCC(=O)N2C)cc1.Cl. The summed E-state index contributed by atoms with van der Waals surface area (Å²) in [5.41, 5.74) is 6.91. The summed E-state index contributed by atoms with van der Waals surface area (Å²) in [6.45, 7) is 0. The van der Waals surface area contributed by atoms with E-state index >= 15 is 0 Å². The van der Waals surface area contributed by atoms with Gasteiger partial charge in [0.15, 0.2) is 5.82 Å². The van der Waals surface area contributed by atoms with Gasteiger partial charge in [-0.25, -0.2) is 0 Å². The zero-order chi connectivity index (χ0) is 18.3. The third kappa shape index (κ3) is 3.41. The van der Waals surface area contributed by atoms with Gasteiger partial charge in [0.2, 0.25) is 11.8 Å². The van der Waals surface area contributed by atoms with Crippen LogP contribution >= 0.6 is 12.4 Å². The Hall–Kier alpha value is -2.12. The Kier molecular flexibility index (Phi) is 5.44. The van der Waals surface area contributed by atoms with Crippen LogP contribution in [0.2, 0.25) is 0 Å². The average molecular weight is 393 g/mol. The number of benzene rings is 1. The molecule has 2 aromatic rings. The molecule has 27 heavy (non-hydrogen) atoms. The number of ether oxygens (including phenoxy) is 1. The predicted octanol–water partition coefficient (Wildman–Crippen LogP) is 2.92. The van der Waals surface area contributed by atoms with Gasteiger partial charge >= 0.3 is 0 Å². The summed E-state index contributed by atoms with van der Waals surface area (Å²) in [6.07, 6.45) is 4.02. The minimum Gasteiger partial charge on any atom is -0.497 e. The zero-order valence-electron chi connectivity index (χ0n) is 15.6. The lowest BCUT2D eigenvalue weighted by molar-refractivity contribution is -0.135. The largest absolute Gasteiger partial charge is 0.497 e. The van der Waals surface area contributed by atoms with Crippen molar-refractivity contribution in [2.75, 3.05) is 14.2 Å². The summed E-state index contributed by atoms with van der Waals surface area (Å²) >= 11 is 0. The Balaban J connectivity index is 0.00000210. The average Bonchev–Trinajstić information content (AvgIpc) is 3.12. The molecule has 0 bridgehead atoms. The molecule has 1 saturated heterocycles. The fourth-order valence-corrected chi connectivity index (χ4v) is 3.92. The third-order valence-corrected chi connectivity index (χ3v) is 5.77. The van der Waals surface area contributed by atoms with E-state index in [-0.39, 0.29) is 30.3 Å². The molecule has 2 fully saturated rings. The van der Waals surface area contributed by atoms with Crippen molar-refractivity contribution in [3.8, 4) is 5.75 Å². The summed E-state index contributed by atoms with van der Waals surface area (Å²) in [5.74, 6) is 2.01. The molecule has 146 valence electrons. The molecule has 1 aliphatic carbocycles. The van der Waals surface area contributed by atoms with Crippen molar-refractivity contribution in [3.05, 3.63) is 41.5 Å². The standard InChI is InChI=1S/C19H24N4O3.ClH/c1-23-15(24)9-8-14(16(23)12-4-6-13(25-2)7-5-12)17-21-18(22-26-17)19(20)10-3-11-19;/h4-7,14,16H,3,8-11,20H2,1-2H3;1H. The van der Waals surface area contributed by atoms with Crippen LogP contribution in [0.1, 0.15) is 61.3 Å². The summed E-state index contributed by atoms with van der Waals surface area (Å²) in [4.78, 5) is 18.7. The molecule has 1 aliphatic heterocycles. The van der Waals surface area contributed by atoms with Crippen LogP contribution in [0.5, 0.6) is 5.75 Å². The van der Waals surface area contributed by atoms with Crippen molar-refractivity contribution in [1.82, 2.24) is 15.0 Å². The van der Waals surface area contributed by atoms with E-state index in [0.717, 1.165) is 30.6 Å². The number of amides is 1. The van der Waals surface area contributed by atoms with Gasteiger partial charge in [-0.3, -0.25) is 4.79 Å². The highest BCUT2D eigenvalue weighted by Crippen LogP contribution is 2.43. The molecular formula is C19H25ClN4O3. The van der Waals surface area contributed by atoms with E-state index < -0.39 is 5.54 Å². The van der Waals surface area contributed by atoms with Gasteiger partial charge in [0.25, 0.3) is 0 Å². The maximum Gasteiger partial charge on any atom is 0.232 e. The van der Waals surface area contributed by atoms with Crippen LogP contribution < -0.4 is 10.5 Å². The fourth-order valence-electron chi connectivity index (χ4n) is 3.92. The van der Waals surface area contributed by atoms with Gasteiger partial charge < -0.3 is 19.9 Å². The van der Waals surface area contributed by atoms with Gasteiger partial charge in [0.1, 0.15) is 5.75 Å². The molecule has 2 aliphatic rings. The van der Waals surface area contributed by atoms with Crippen LogP contribution in [0.3, 0.4) is 0 Å². The zero-order valence-corrected chi connectivity index (χ0v) is 16.4. The molecule has 1 aromatic carbocycles. The Bertz CT molecular complexity index is 804. The molecule has 1 saturated carbocycles. The van der Waals surface area contributed by atoms with Crippen LogP contribution in [-0.2, 0) is 10.3 Å². The number of methoxy groups -OCH3 is 1. The van der Waals surface area contributed by atoms with Crippen LogP contribution in [0.15, 0.2) is 28.8 Å². The number of hydrogen-bond donors (Lipinski definition) is 1. The smallest absolute Gasteiger partial charge is 0.232 e. The van der Waals surface area contributed by atoms with Crippen LogP contribution in [0, 0.1) is 0 Å². The molecule has 2 heterocycles. The fraction of sp³-hybridized carbons (Fsp3) is 0.526. The molecule has 2 unspecified atom stereocenters. The number of hydrogen-bond acceptors (Lipinski definition) is 6. The Morgan fingerprint density at radius 2 is 2.00 bits per heavy atom. The first kappa shape index (κ1) is 19.6. The Morgan fingerprint density at radius 3 is 2.59 bits per heavy atom. The molecule has 1 aromatic heterocycles. The van der Waals surface area contributed by atoms with Crippen molar-refractivity contribution in [2.24, 2.45) is 5.73 Å². The summed E-state index contributed by atoms with van der Waals surface area (Å²) < 4.78 is 10.8. The molecule has 2 N–H and O–H groups in total. The topological polar surface area (TPSA) is 94.5 Å². The lowest BCUT2D eigenvalue weighted by Gasteiger charge is -2.38. The van der Waals surface area contributed by atoms with Gasteiger partial charge in [-0.15, -0.1) is 12.4 Å². The maximum absolute atomic E-state index is 12.3. The number of carbonyl (C=O) groups is 1. The number of likely N-dealkylation sites (N-methyl/N-ethyl adjacent to an activating group) is 1. The lowest BCUT2D eigenvalue weighted by Crippen LogP contribution is -2.44. The first-order valence-corrected chi connectivity index (χ1v) is 9.04. The van der Waals surface area contributed by atoms with E-state index in [1.54, 1.807) is 12.0 Å². The number of halogens is 1. The van der Waals surface area contributed by atoms with Gasteiger partial charge in [0, 0.05) is 13.5 Å². The number of rotatable bonds is 4. The molecule has 0 spiro atoms. The third-order valence-electron chi connectivity index (χ3n) is 5.77. The van der Waals surface area contributed by atoms with Gasteiger partial charge in [-0.05, 0) is 43.4 Å². The van der Waals surface area contributed by atoms with Gasteiger partial charge in [-0.2, -0.15) is 4.98 Å². The van der Waals surface area contributed by atoms with Crippen molar-refractivity contribution < 1.29 is 14.1 Å². The summed E-state index contributed by atoms with van der Waals surface area (Å²) in [5, 5.41) is 4.15. The predicted molar refractivity (Wildman–Crippen MR) is 102 cm³/mol. The van der Waals surface area contributed by atoms with Gasteiger partial charge in [0.05, 0.1) is 24.6 Å². The quantitative estimate of drug-likeness (QED) is 0.859. The first-order chi connectivity index (χ1) is 12.5. The second kappa shape index (κ2) is 7.48. The molecule has 4 rings (SSSR count). The molecule has 2 atom stereocenters. The van der Waals surface area contributed by atoms with Crippen molar-refractivity contribution in [3.63, 3.8) is 0 Å². The lowest BCUT2D eigenvalue weighted by atomic mass is 9.77. The van der Waals surface area contributed by atoms with E-state index in [0.29, 0.717) is 24.6 Å². The summed E-state index contributed by atoms with van der Waals surface area (Å²) in [7, 11) is 3.47. The van der Waals surface area contributed by atoms with E-state index in [1.807, 2.05) is 31.3 Å². The number of nitrogens with zero attached hydrogens (tertiary/aromatic N) is 3. The van der Waals surface area contributed by atoms with Crippen molar-refractivity contribution in [1.29, 1.82) is 0 Å². The van der Waals surface area contributed by atoms with E-state index in [9.17, 15) is 4.79 Å². The van der Waals surface area contributed by atoms with Gasteiger partial charge in [-0.1, -0.05) is 17.3 Å². The second-order valence-electron chi connectivity index (χ2n) is 7.33. The van der Waals surface area contributed by atoms with Crippen LogP contribution in [0.4, 0.5) is 0 Å². The molecule has 0 radical (unpaired) electrons. The van der Waals surface area contributed by atoms with E-state index in [2.05, 4.69) is 10.1 Å². The highest BCUT2D eigenvalue weighted by molar-refractivity contribution is 5.85. The Morgan fingerprint density at radius 1 is 1.30 bits per heavy atom. The highest BCUT2D eigenvalue weighted by Gasteiger charge is 2.42. The molecule has 7 nitrogen and oxygen atoms in total. The normalized spacial score (nSPS) is 24.1. The minimum atomic E-state index is -0.451. The van der Waals surface area contributed by atoms with E-state index in [1.165, 1.54) is 0 Å². The van der Waals surface area contributed by atoms with Crippen molar-refractivity contribution in [2.45, 2.75) is 49.6 Å². The van der Waals surface area contributed by atoms with Crippen molar-refractivity contribution >= 4 is 18.3 Å². The van der Waals surface area contributed by atoms with E-state index in [4.69, 9.17) is 15.0 Å². The maximum atomic E-state index is 12.3. The second-order valence-corrected chi connectivity index (χ2v) is 7.33. The summed E-state index contributed by atoms with van der Waals surface area (Å²) in [6, 6.07) is 7.63. The monoisotopic (exact) mass is 392 g/mol. The Labute approximate surface area is 164 Å². The molecule has 1 amide bonds. The first-order valence-electron chi connectivity index (χ1n) is 9.04. The van der Waals surface area contributed by atoms with Crippen LogP contribution in [-0.4, -0.2) is 35.1 Å². The minimum absolute atomic E-state index is 0. The number of aromatic nitrogens is 2. The van der Waals surface area contributed by atoms with Crippen LogP contribution in [0.25, 0.3) is 0 Å².